The number of nitrogens with zero attached hydrogens (tertiary/aromatic N) is 3. The summed E-state index contributed by atoms with van der Waals surface area (Å²) in [4.78, 5) is 9.68. The second kappa shape index (κ2) is 8.48. The van der Waals surface area contributed by atoms with Gasteiger partial charge in [-0.15, -0.1) is 0 Å². The van der Waals surface area contributed by atoms with Gasteiger partial charge in [0.15, 0.2) is 5.96 Å². The molecule has 0 atom stereocenters. The zero-order chi connectivity index (χ0) is 15.9. The third kappa shape index (κ3) is 4.56. The molecule has 0 radical (unpaired) electrons. The Kier molecular flexibility index (Phi) is 6.08. The molecule has 5 heteroatoms. The summed E-state index contributed by atoms with van der Waals surface area (Å²) >= 11 is 2.05. The molecule has 0 aliphatic carbocycles. The van der Waals surface area contributed by atoms with Crippen LogP contribution in [0.1, 0.15) is 25.3 Å². The number of rotatable bonds is 4. The zero-order valence-corrected chi connectivity index (χ0v) is 14.9. The first-order valence-corrected chi connectivity index (χ1v) is 9.97. The van der Waals surface area contributed by atoms with E-state index in [1.807, 2.05) is 0 Å². The van der Waals surface area contributed by atoms with Gasteiger partial charge < -0.3 is 15.1 Å². The van der Waals surface area contributed by atoms with Crippen molar-refractivity contribution in [2.75, 3.05) is 49.1 Å². The van der Waals surface area contributed by atoms with Crippen LogP contribution in [0.4, 0.5) is 5.69 Å². The number of likely N-dealkylation sites (tertiary alicyclic amines) is 1. The average molecular weight is 333 g/mol. The lowest BCUT2D eigenvalue weighted by Gasteiger charge is -2.28. The van der Waals surface area contributed by atoms with Crippen molar-refractivity contribution >= 4 is 23.4 Å². The van der Waals surface area contributed by atoms with Crippen LogP contribution >= 0.6 is 11.8 Å². The molecule has 0 spiro atoms. The van der Waals surface area contributed by atoms with Gasteiger partial charge in [-0.25, -0.2) is 4.99 Å². The van der Waals surface area contributed by atoms with Crippen molar-refractivity contribution in [2.24, 2.45) is 4.99 Å². The second-order valence-corrected chi connectivity index (χ2v) is 7.35. The van der Waals surface area contributed by atoms with E-state index in [1.54, 1.807) is 0 Å². The minimum Gasteiger partial charge on any atom is -0.370 e. The molecule has 2 saturated heterocycles. The standard InChI is InChI=1S/C18H28N4S/c1-2-19-18(22-9-3-4-10-22)20-15-16-5-7-17(8-6-16)21-11-13-23-14-12-21/h5-8H,2-4,9-15H2,1H3,(H,19,20). The minimum atomic E-state index is 0.759. The number of hydrogen-bond donors (Lipinski definition) is 1. The number of aliphatic imine (C=N–C) groups is 1. The van der Waals surface area contributed by atoms with Gasteiger partial charge in [0.25, 0.3) is 0 Å². The number of nitrogens with one attached hydrogen (secondary N) is 1. The van der Waals surface area contributed by atoms with Crippen molar-refractivity contribution in [1.29, 1.82) is 0 Å². The maximum atomic E-state index is 4.82. The number of benzene rings is 1. The van der Waals surface area contributed by atoms with Gasteiger partial charge in [-0.2, -0.15) is 11.8 Å². The van der Waals surface area contributed by atoms with Gasteiger partial charge in [0.1, 0.15) is 0 Å². The third-order valence-corrected chi connectivity index (χ3v) is 5.41. The first-order valence-electron chi connectivity index (χ1n) is 8.81. The Balaban J connectivity index is 1.61. The van der Waals surface area contributed by atoms with E-state index < -0.39 is 0 Å². The molecule has 0 saturated carbocycles. The fourth-order valence-electron chi connectivity index (χ4n) is 3.15. The highest BCUT2D eigenvalue weighted by Crippen LogP contribution is 2.20. The van der Waals surface area contributed by atoms with Crippen molar-refractivity contribution in [3.05, 3.63) is 29.8 Å². The Labute approximate surface area is 144 Å². The van der Waals surface area contributed by atoms with Gasteiger partial charge in [0.05, 0.1) is 6.54 Å². The molecular formula is C18H28N4S. The topological polar surface area (TPSA) is 30.9 Å². The van der Waals surface area contributed by atoms with Crippen LogP contribution in [0.5, 0.6) is 0 Å². The maximum Gasteiger partial charge on any atom is 0.194 e. The molecule has 4 nitrogen and oxygen atoms in total. The van der Waals surface area contributed by atoms with Crippen molar-refractivity contribution in [2.45, 2.75) is 26.3 Å². The van der Waals surface area contributed by atoms with E-state index in [0.29, 0.717) is 0 Å². The van der Waals surface area contributed by atoms with Crippen LogP contribution in [0.15, 0.2) is 29.3 Å². The second-order valence-electron chi connectivity index (χ2n) is 6.13. The van der Waals surface area contributed by atoms with Gasteiger partial charge in [-0.1, -0.05) is 12.1 Å². The summed E-state index contributed by atoms with van der Waals surface area (Å²) in [7, 11) is 0. The molecule has 2 aliphatic heterocycles. The van der Waals surface area contributed by atoms with Crippen molar-refractivity contribution in [1.82, 2.24) is 10.2 Å². The fraction of sp³-hybridized carbons (Fsp3) is 0.611. The van der Waals surface area contributed by atoms with Crippen LogP contribution in [-0.4, -0.2) is 55.1 Å². The van der Waals surface area contributed by atoms with E-state index in [4.69, 9.17) is 4.99 Å². The van der Waals surface area contributed by atoms with E-state index >= 15 is 0 Å². The minimum absolute atomic E-state index is 0.759. The molecule has 2 aliphatic rings. The highest BCUT2D eigenvalue weighted by Gasteiger charge is 2.15. The molecule has 126 valence electrons. The molecule has 3 rings (SSSR count). The highest BCUT2D eigenvalue weighted by molar-refractivity contribution is 7.99. The Morgan fingerprint density at radius 2 is 1.78 bits per heavy atom. The molecule has 1 aromatic rings. The summed E-state index contributed by atoms with van der Waals surface area (Å²) in [6, 6.07) is 8.97. The summed E-state index contributed by atoms with van der Waals surface area (Å²) in [5.74, 6) is 3.56. The Morgan fingerprint density at radius 3 is 2.43 bits per heavy atom. The summed E-state index contributed by atoms with van der Waals surface area (Å²) in [6.07, 6.45) is 2.57. The van der Waals surface area contributed by atoms with E-state index in [0.717, 1.165) is 32.1 Å². The number of anilines is 1. The van der Waals surface area contributed by atoms with Crippen LogP contribution in [-0.2, 0) is 6.54 Å². The van der Waals surface area contributed by atoms with Crippen molar-refractivity contribution in [3.8, 4) is 0 Å². The molecule has 2 fully saturated rings. The molecular weight excluding hydrogens is 304 g/mol. The van der Waals surface area contributed by atoms with Crippen LogP contribution in [0.3, 0.4) is 0 Å². The lowest BCUT2D eigenvalue weighted by Crippen LogP contribution is -2.39. The lowest BCUT2D eigenvalue weighted by molar-refractivity contribution is 0.493. The maximum absolute atomic E-state index is 4.82. The fourth-order valence-corrected chi connectivity index (χ4v) is 4.06. The van der Waals surface area contributed by atoms with E-state index in [9.17, 15) is 0 Å². The molecule has 1 aromatic carbocycles. The number of thioether (sulfide) groups is 1. The average Bonchev–Trinajstić information content (AvgIpc) is 3.14. The van der Waals surface area contributed by atoms with E-state index in [2.05, 4.69) is 58.1 Å². The van der Waals surface area contributed by atoms with Crippen LogP contribution in [0.25, 0.3) is 0 Å². The molecule has 2 heterocycles. The first-order chi connectivity index (χ1) is 11.4. The summed E-state index contributed by atoms with van der Waals surface area (Å²) < 4.78 is 0. The SMILES string of the molecule is CCNC(=NCc1ccc(N2CCSCC2)cc1)N1CCCC1. The molecule has 0 amide bonds. The molecule has 1 N–H and O–H groups in total. The highest BCUT2D eigenvalue weighted by atomic mass is 32.2. The molecule has 0 aromatic heterocycles. The summed E-state index contributed by atoms with van der Waals surface area (Å²) in [5, 5.41) is 3.42. The van der Waals surface area contributed by atoms with Crippen molar-refractivity contribution < 1.29 is 0 Å². The quantitative estimate of drug-likeness (QED) is 0.678. The Bertz CT molecular complexity index is 502. The monoisotopic (exact) mass is 332 g/mol. The largest absolute Gasteiger partial charge is 0.370 e. The predicted molar refractivity (Wildman–Crippen MR) is 102 cm³/mol. The van der Waals surface area contributed by atoms with Gasteiger partial charge in [-0.3, -0.25) is 0 Å². The Hall–Kier alpha value is -1.36. The summed E-state index contributed by atoms with van der Waals surface area (Å²) in [5.41, 5.74) is 2.64. The molecule has 23 heavy (non-hydrogen) atoms. The van der Waals surface area contributed by atoms with Gasteiger partial charge in [0, 0.05) is 49.9 Å². The van der Waals surface area contributed by atoms with Crippen LogP contribution < -0.4 is 10.2 Å². The number of hydrogen-bond acceptors (Lipinski definition) is 3. The third-order valence-electron chi connectivity index (χ3n) is 4.46. The Morgan fingerprint density at radius 1 is 1.09 bits per heavy atom. The smallest absolute Gasteiger partial charge is 0.194 e. The van der Waals surface area contributed by atoms with Crippen LogP contribution in [0, 0.1) is 0 Å². The summed E-state index contributed by atoms with van der Waals surface area (Å²) in [6.45, 7) is 8.44. The van der Waals surface area contributed by atoms with Crippen LogP contribution in [0.2, 0.25) is 0 Å². The van der Waals surface area contributed by atoms with Gasteiger partial charge >= 0.3 is 0 Å². The lowest BCUT2D eigenvalue weighted by atomic mass is 10.2. The van der Waals surface area contributed by atoms with E-state index in [-0.39, 0.29) is 0 Å². The number of guanidine groups is 1. The van der Waals surface area contributed by atoms with Gasteiger partial charge in [-0.05, 0) is 37.5 Å². The first kappa shape index (κ1) is 16.5. The van der Waals surface area contributed by atoms with Gasteiger partial charge in [0.2, 0.25) is 0 Å². The zero-order valence-electron chi connectivity index (χ0n) is 14.1. The molecule has 0 bridgehead atoms. The predicted octanol–water partition coefficient (Wildman–Crippen LogP) is 2.80. The van der Waals surface area contributed by atoms with Crippen molar-refractivity contribution in [3.63, 3.8) is 0 Å². The van der Waals surface area contributed by atoms with E-state index in [1.165, 1.54) is 48.7 Å². The molecule has 0 unspecified atom stereocenters. The normalized spacial score (nSPS) is 19.3.